The number of carbonyl (C=O) groups is 1. The number of rotatable bonds is 3. The number of para-hydroxylation sites is 1. The Kier molecular flexibility index (Phi) is 4.66. The van der Waals surface area contributed by atoms with E-state index >= 15 is 0 Å². The Morgan fingerprint density at radius 2 is 1.94 bits per heavy atom. The third-order valence-corrected chi connectivity index (χ3v) is 2.36. The van der Waals surface area contributed by atoms with Gasteiger partial charge in [0.2, 0.25) is 0 Å². The van der Waals surface area contributed by atoms with Crippen LogP contribution in [0.2, 0.25) is 0 Å². The first-order valence-corrected chi connectivity index (χ1v) is 5.41. The molecule has 0 saturated heterocycles. The van der Waals surface area contributed by atoms with Gasteiger partial charge >= 0.3 is 6.03 Å². The standard InChI is InChI=1S/C12H18N4O/c1-8-5-4-6-9(2)11(8)14-12(17)16-15-10(3)7-13/h4-6H,7,13H2,1-3H3,(H2,14,16,17). The average molecular weight is 234 g/mol. The molecule has 0 heterocycles. The normalized spacial score (nSPS) is 11.2. The molecule has 17 heavy (non-hydrogen) atoms. The zero-order valence-electron chi connectivity index (χ0n) is 10.4. The average Bonchev–Trinajstić information content (AvgIpc) is 2.31. The van der Waals surface area contributed by atoms with Gasteiger partial charge in [-0.1, -0.05) is 18.2 Å². The van der Waals surface area contributed by atoms with Crippen LogP contribution < -0.4 is 16.5 Å². The van der Waals surface area contributed by atoms with Crippen molar-refractivity contribution in [1.29, 1.82) is 0 Å². The van der Waals surface area contributed by atoms with Crippen molar-refractivity contribution >= 4 is 17.4 Å². The van der Waals surface area contributed by atoms with E-state index in [2.05, 4.69) is 15.8 Å². The zero-order valence-corrected chi connectivity index (χ0v) is 10.4. The zero-order chi connectivity index (χ0) is 12.8. The summed E-state index contributed by atoms with van der Waals surface area (Å²) in [6.07, 6.45) is 0. The second kappa shape index (κ2) is 6.00. The Morgan fingerprint density at radius 1 is 1.35 bits per heavy atom. The lowest BCUT2D eigenvalue weighted by Gasteiger charge is -2.10. The van der Waals surface area contributed by atoms with Crippen LogP contribution in [0.5, 0.6) is 0 Å². The monoisotopic (exact) mass is 234 g/mol. The molecule has 0 bridgehead atoms. The van der Waals surface area contributed by atoms with Crippen molar-refractivity contribution < 1.29 is 4.79 Å². The minimum absolute atomic E-state index is 0.323. The van der Waals surface area contributed by atoms with Gasteiger partial charge in [-0.3, -0.25) is 0 Å². The van der Waals surface area contributed by atoms with Crippen molar-refractivity contribution in [3.05, 3.63) is 29.3 Å². The summed E-state index contributed by atoms with van der Waals surface area (Å²) >= 11 is 0. The van der Waals surface area contributed by atoms with Crippen molar-refractivity contribution in [2.45, 2.75) is 20.8 Å². The number of anilines is 1. The molecule has 0 aliphatic carbocycles. The predicted octanol–water partition coefficient (Wildman–Crippen LogP) is 1.76. The molecule has 0 aromatic heterocycles. The van der Waals surface area contributed by atoms with Crippen molar-refractivity contribution in [3.8, 4) is 0 Å². The fraction of sp³-hybridized carbons (Fsp3) is 0.333. The molecule has 5 heteroatoms. The lowest BCUT2D eigenvalue weighted by molar-refractivity contribution is 0.252. The number of urea groups is 1. The van der Waals surface area contributed by atoms with Crippen molar-refractivity contribution in [3.63, 3.8) is 0 Å². The maximum atomic E-state index is 11.6. The molecular formula is C12H18N4O. The SMILES string of the molecule is CC(CN)=NNC(=O)Nc1c(C)cccc1C. The molecule has 0 radical (unpaired) electrons. The van der Waals surface area contributed by atoms with Gasteiger partial charge in [0.15, 0.2) is 0 Å². The van der Waals surface area contributed by atoms with E-state index in [1.54, 1.807) is 6.92 Å². The van der Waals surface area contributed by atoms with Crippen molar-refractivity contribution in [2.24, 2.45) is 10.8 Å². The number of nitrogens with one attached hydrogen (secondary N) is 2. The van der Waals surface area contributed by atoms with Gasteiger partial charge in [0.25, 0.3) is 0 Å². The summed E-state index contributed by atoms with van der Waals surface area (Å²) in [5, 5.41) is 6.59. The molecule has 0 unspecified atom stereocenters. The van der Waals surface area contributed by atoms with E-state index in [4.69, 9.17) is 5.73 Å². The fourth-order valence-electron chi connectivity index (χ4n) is 1.34. The van der Waals surface area contributed by atoms with Crippen LogP contribution >= 0.6 is 0 Å². The summed E-state index contributed by atoms with van der Waals surface area (Å²) in [4.78, 5) is 11.6. The Hall–Kier alpha value is -1.88. The number of hydrogen-bond acceptors (Lipinski definition) is 3. The summed E-state index contributed by atoms with van der Waals surface area (Å²) in [6.45, 7) is 5.96. The third-order valence-electron chi connectivity index (χ3n) is 2.36. The summed E-state index contributed by atoms with van der Waals surface area (Å²) < 4.78 is 0. The topological polar surface area (TPSA) is 79.5 Å². The van der Waals surface area contributed by atoms with E-state index < -0.39 is 0 Å². The van der Waals surface area contributed by atoms with Gasteiger partial charge in [-0.25, -0.2) is 10.2 Å². The van der Waals surface area contributed by atoms with Crippen LogP contribution in [0.1, 0.15) is 18.1 Å². The van der Waals surface area contributed by atoms with Crippen LogP contribution in [0.15, 0.2) is 23.3 Å². The van der Waals surface area contributed by atoms with Gasteiger partial charge in [-0.05, 0) is 31.9 Å². The van der Waals surface area contributed by atoms with Crippen LogP contribution in [-0.2, 0) is 0 Å². The van der Waals surface area contributed by atoms with Gasteiger partial charge in [-0.2, -0.15) is 5.10 Å². The number of amides is 2. The highest BCUT2D eigenvalue weighted by molar-refractivity contribution is 5.92. The largest absolute Gasteiger partial charge is 0.339 e. The molecule has 0 aliphatic rings. The number of hydrogen-bond donors (Lipinski definition) is 3. The summed E-state index contributed by atoms with van der Waals surface area (Å²) in [5.41, 5.74) is 11.3. The van der Waals surface area contributed by atoms with E-state index in [-0.39, 0.29) is 6.03 Å². The summed E-state index contributed by atoms with van der Waals surface area (Å²) in [5.74, 6) is 0. The number of hydrazone groups is 1. The molecule has 0 fully saturated rings. The van der Waals surface area contributed by atoms with Crippen LogP contribution in [-0.4, -0.2) is 18.3 Å². The first-order chi connectivity index (χ1) is 8.04. The molecule has 4 N–H and O–H groups in total. The Bertz CT molecular complexity index is 420. The minimum Gasteiger partial charge on any atom is -0.325 e. The number of carbonyl (C=O) groups excluding carboxylic acids is 1. The lowest BCUT2D eigenvalue weighted by Crippen LogP contribution is -2.27. The predicted molar refractivity (Wildman–Crippen MR) is 70.2 cm³/mol. The quantitative estimate of drug-likeness (QED) is 0.550. The van der Waals surface area contributed by atoms with Crippen molar-refractivity contribution in [1.82, 2.24) is 5.43 Å². The van der Waals surface area contributed by atoms with Gasteiger partial charge in [0.1, 0.15) is 0 Å². The first-order valence-electron chi connectivity index (χ1n) is 5.41. The van der Waals surface area contributed by atoms with Gasteiger partial charge in [0, 0.05) is 17.9 Å². The summed E-state index contributed by atoms with van der Waals surface area (Å²) in [6, 6.07) is 5.47. The van der Waals surface area contributed by atoms with Crippen molar-refractivity contribution in [2.75, 3.05) is 11.9 Å². The Morgan fingerprint density at radius 3 is 2.47 bits per heavy atom. The van der Waals surface area contributed by atoms with E-state index in [1.165, 1.54) is 0 Å². The molecule has 1 rings (SSSR count). The number of nitrogens with zero attached hydrogens (tertiary/aromatic N) is 1. The van der Waals surface area contributed by atoms with E-state index in [1.807, 2.05) is 32.0 Å². The second-order valence-corrected chi connectivity index (χ2v) is 3.88. The summed E-state index contributed by atoms with van der Waals surface area (Å²) in [7, 11) is 0. The molecule has 0 saturated carbocycles. The highest BCUT2D eigenvalue weighted by atomic mass is 16.2. The Labute approximate surface area is 101 Å². The molecule has 5 nitrogen and oxygen atoms in total. The van der Waals surface area contributed by atoms with Crippen LogP contribution in [0.25, 0.3) is 0 Å². The van der Waals surface area contributed by atoms with E-state index in [0.717, 1.165) is 16.8 Å². The van der Waals surface area contributed by atoms with Crippen LogP contribution in [0.4, 0.5) is 10.5 Å². The third kappa shape index (κ3) is 3.88. The van der Waals surface area contributed by atoms with Crippen LogP contribution in [0, 0.1) is 13.8 Å². The molecule has 2 amide bonds. The second-order valence-electron chi connectivity index (χ2n) is 3.88. The molecule has 1 aromatic carbocycles. The van der Waals surface area contributed by atoms with E-state index in [9.17, 15) is 4.79 Å². The highest BCUT2D eigenvalue weighted by Gasteiger charge is 2.05. The number of aryl methyl sites for hydroxylation is 2. The smallest absolute Gasteiger partial charge is 0.325 e. The Balaban J connectivity index is 2.69. The first kappa shape index (κ1) is 13.2. The maximum Gasteiger partial charge on any atom is 0.339 e. The fourth-order valence-corrected chi connectivity index (χ4v) is 1.34. The number of benzene rings is 1. The number of nitrogens with two attached hydrogens (primary N) is 1. The van der Waals surface area contributed by atoms with E-state index in [0.29, 0.717) is 12.3 Å². The molecule has 92 valence electrons. The highest BCUT2D eigenvalue weighted by Crippen LogP contribution is 2.18. The molecule has 0 spiro atoms. The van der Waals surface area contributed by atoms with Gasteiger partial charge in [-0.15, -0.1) is 0 Å². The molecule has 0 aliphatic heterocycles. The molecule has 0 atom stereocenters. The van der Waals surface area contributed by atoms with Gasteiger partial charge < -0.3 is 11.1 Å². The lowest BCUT2D eigenvalue weighted by atomic mass is 10.1. The molecule has 1 aromatic rings. The van der Waals surface area contributed by atoms with Gasteiger partial charge in [0.05, 0.1) is 0 Å². The van der Waals surface area contributed by atoms with Crippen LogP contribution in [0.3, 0.4) is 0 Å². The molecular weight excluding hydrogens is 216 g/mol. The maximum absolute atomic E-state index is 11.6. The minimum atomic E-state index is -0.366.